The van der Waals surface area contributed by atoms with Crippen molar-refractivity contribution >= 4 is 34.2 Å². The van der Waals surface area contributed by atoms with Crippen LogP contribution in [-0.2, 0) is 17.8 Å². The summed E-state index contributed by atoms with van der Waals surface area (Å²) in [6.07, 6.45) is 0.917. The van der Waals surface area contributed by atoms with Crippen LogP contribution >= 0.6 is 28.3 Å². The van der Waals surface area contributed by atoms with Gasteiger partial charge in [0.15, 0.2) is 0 Å². The molecule has 0 radical (unpaired) electrons. The number of carbonyl (C=O) groups is 1. The molecule has 0 aliphatic carbocycles. The third-order valence-electron chi connectivity index (χ3n) is 2.74. The number of nitrogens with zero attached hydrogens (tertiary/aromatic N) is 1. The summed E-state index contributed by atoms with van der Waals surface area (Å²) in [4.78, 5) is 13.3. The minimum absolute atomic E-state index is 0. The van der Waals surface area contributed by atoms with Crippen molar-refractivity contribution < 1.29 is 4.79 Å². The summed E-state index contributed by atoms with van der Waals surface area (Å²) in [7, 11) is 0. The molecule has 0 bridgehead atoms. The molecule has 0 atom stereocenters. The molecule has 88 valence electrons. The molecule has 0 saturated heterocycles. The Morgan fingerprint density at radius 1 is 1.50 bits per heavy atom. The number of hydrogen-bond donors (Lipinski definition) is 1. The van der Waals surface area contributed by atoms with Gasteiger partial charge in [0.05, 0.1) is 6.54 Å². The zero-order chi connectivity index (χ0) is 10.8. The van der Waals surface area contributed by atoms with Crippen molar-refractivity contribution in [1.29, 1.82) is 0 Å². The van der Waals surface area contributed by atoms with Gasteiger partial charge in [-0.25, -0.2) is 0 Å². The van der Waals surface area contributed by atoms with Gasteiger partial charge in [0.2, 0.25) is 5.91 Å². The Kier molecular flexibility index (Phi) is 4.77. The number of fused-ring (bicyclic) bond motifs is 1. The summed E-state index contributed by atoms with van der Waals surface area (Å²) in [5, 5.41) is 0. The quantitative estimate of drug-likeness (QED) is 0.858. The monoisotopic (exact) mass is 304 g/mol. The second kappa shape index (κ2) is 5.66. The van der Waals surface area contributed by atoms with Crippen molar-refractivity contribution in [3.05, 3.63) is 33.8 Å². The molecule has 0 aromatic heterocycles. The lowest BCUT2D eigenvalue weighted by Gasteiger charge is -2.29. The minimum Gasteiger partial charge on any atom is -0.337 e. The van der Waals surface area contributed by atoms with Crippen LogP contribution < -0.4 is 5.73 Å². The number of hydrogen-bond acceptors (Lipinski definition) is 2. The van der Waals surface area contributed by atoms with Crippen molar-refractivity contribution in [3.63, 3.8) is 0 Å². The number of benzene rings is 1. The second-order valence-electron chi connectivity index (χ2n) is 3.65. The van der Waals surface area contributed by atoms with E-state index in [1.807, 2.05) is 17.0 Å². The smallest absolute Gasteiger partial charge is 0.236 e. The fourth-order valence-electron chi connectivity index (χ4n) is 1.88. The van der Waals surface area contributed by atoms with Gasteiger partial charge in [0.25, 0.3) is 0 Å². The lowest BCUT2D eigenvalue weighted by Crippen LogP contribution is -2.39. The van der Waals surface area contributed by atoms with Crippen molar-refractivity contribution in [1.82, 2.24) is 4.90 Å². The molecule has 3 nitrogen and oxygen atoms in total. The molecule has 1 aliphatic heterocycles. The van der Waals surface area contributed by atoms with E-state index in [9.17, 15) is 4.79 Å². The maximum atomic E-state index is 11.5. The Morgan fingerprint density at radius 2 is 2.25 bits per heavy atom. The first-order chi connectivity index (χ1) is 7.22. The van der Waals surface area contributed by atoms with Crippen LogP contribution in [0.15, 0.2) is 22.7 Å². The van der Waals surface area contributed by atoms with E-state index >= 15 is 0 Å². The Hall–Kier alpha value is -0.580. The molecule has 1 amide bonds. The number of halogens is 2. The van der Waals surface area contributed by atoms with E-state index in [-0.39, 0.29) is 24.9 Å². The van der Waals surface area contributed by atoms with Gasteiger partial charge in [0, 0.05) is 17.6 Å². The lowest BCUT2D eigenvalue weighted by atomic mass is 10.00. The SMILES string of the molecule is Cl.NCC(=O)N1CCc2cccc(Br)c2C1. The molecular weight excluding hydrogens is 291 g/mol. The standard InChI is InChI=1S/C11H13BrN2O.ClH/c12-10-3-1-2-8-4-5-14(7-9(8)10)11(15)6-13;/h1-3H,4-7,13H2;1H. The first-order valence-corrected chi connectivity index (χ1v) is 5.76. The zero-order valence-corrected chi connectivity index (χ0v) is 11.2. The van der Waals surface area contributed by atoms with E-state index in [0.29, 0.717) is 6.54 Å². The molecule has 1 heterocycles. The van der Waals surface area contributed by atoms with Crippen LogP contribution in [0.4, 0.5) is 0 Å². The Balaban J connectivity index is 0.00000128. The molecule has 16 heavy (non-hydrogen) atoms. The highest BCUT2D eigenvalue weighted by Crippen LogP contribution is 2.26. The van der Waals surface area contributed by atoms with Gasteiger partial charge in [-0.2, -0.15) is 0 Å². The summed E-state index contributed by atoms with van der Waals surface area (Å²) in [6, 6.07) is 6.16. The second-order valence-corrected chi connectivity index (χ2v) is 4.50. The average Bonchev–Trinajstić information content (AvgIpc) is 2.28. The molecule has 0 unspecified atom stereocenters. The van der Waals surface area contributed by atoms with E-state index < -0.39 is 0 Å². The molecule has 5 heteroatoms. The van der Waals surface area contributed by atoms with Gasteiger partial charge in [-0.3, -0.25) is 4.79 Å². The van der Waals surface area contributed by atoms with Crippen molar-refractivity contribution in [2.45, 2.75) is 13.0 Å². The molecule has 0 saturated carbocycles. The van der Waals surface area contributed by atoms with Crippen LogP contribution in [-0.4, -0.2) is 23.9 Å². The summed E-state index contributed by atoms with van der Waals surface area (Å²) >= 11 is 3.51. The molecule has 2 N–H and O–H groups in total. The summed E-state index contributed by atoms with van der Waals surface area (Å²) in [6.45, 7) is 1.55. The highest BCUT2D eigenvalue weighted by Gasteiger charge is 2.20. The van der Waals surface area contributed by atoms with Crippen molar-refractivity contribution in [3.8, 4) is 0 Å². The molecule has 1 aromatic rings. The predicted molar refractivity (Wildman–Crippen MR) is 69.6 cm³/mol. The molecule has 0 fully saturated rings. The van der Waals surface area contributed by atoms with Crippen molar-refractivity contribution in [2.24, 2.45) is 5.73 Å². The Bertz CT molecular complexity index is 398. The molecule has 0 spiro atoms. The number of carbonyl (C=O) groups excluding carboxylic acids is 1. The first kappa shape index (κ1) is 13.5. The van der Waals surface area contributed by atoms with Gasteiger partial charge in [0.1, 0.15) is 0 Å². The van der Waals surface area contributed by atoms with Crippen molar-refractivity contribution in [2.75, 3.05) is 13.1 Å². The van der Waals surface area contributed by atoms with Crippen LogP contribution in [0.25, 0.3) is 0 Å². The van der Waals surface area contributed by atoms with E-state index in [1.165, 1.54) is 11.1 Å². The van der Waals surface area contributed by atoms with E-state index in [2.05, 4.69) is 22.0 Å². The van der Waals surface area contributed by atoms with Gasteiger partial charge in [-0.15, -0.1) is 12.4 Å². The summed E-state index contributed by atoms with van der Waals surface area (Å²) in [5.74, 6) is 0.0244. The third kappa shape index (κ3) is 2.56. The van der Waals surface area contributed by atoms with Gasteiger partial charge in [-0.05, 0) is 23.6 Å². The minimum atomic E-state index is 0. The highest BCUT2D eigenvalue weighted by molar-refractivity contribution is 9.10. The number of rotatable bonds is 1. The van der Waals surface area contributed by atoms with Gasteiger partial charge in [-0.1, -0.05) is 28.1 Å². The van der Waals surface area contributed by atoms with Gasteiger partial charge < -0.3 is 10.6 Å². The molecule has 2 rings (SSSR count). The van der Waals surface area contributed by atoms with Crippen LogP contribution in [0.3, 0.4) is 0 Å². The topological polar surface area (TPSA) is 46.3 Å². The molecule has 1 aromatic carbocycles. The normalized spacial score (nSPS) is 14.0. The lowest BCUT2D eigenvalue weighted by molar-refractivity contribution is -0.130. The highest BCUT2D eigenvalue weighted by atomic mass is 79.9. The largest absolute Gasteiger partial charge is 0.337 e. The van der Waals surface area contributed by atoms with Crippen LogP contribution in [0.5, 0.6) is 0 Å². The average molecular weight is 306 g/mol. The fraction of sp³-hybridized carbons (Fsp3) is 0.364. The van der Waals surface area contributed by atoms with E-state index in [1.54, 1.807) is 0 Å². The third-order valence-corrected chi connectivity index (χ3v) is 3.49. The summed E-state index contributed by atoms with van der Waals surface area (Å²) < 4.78 is 1.08. The molecular formula is C11H14BrClN2O. The summed E-state index contributed by atoms with van der Waals surface area (Å²) in [5.41, 5.74) is 7.90. The number of nitrogens with two attached hydrogens (primary N) is 1. The van der Waals surface area contributed by atoms with Crippen LogP contribution in [0, 0.1) is 0 Å². The van der Waals surface area contributed by atoms with E-state index in [0.717, 1.165) is 17.4 Å². The fourth-order valence-corrected chi connectivity index (χ4v) is 2.41. The van der Waals surface area contributed by atoms with Gasteiger partial charge >= 0.3 is 0 Å². The number of amides is 1. The predicted octanol–water partition coefficient (Wildman–Crippen LogP) is 1.71. The van der Waals surface area contributed by atoms with Crippen LogP contribution in [0.1, 0.15) is 11.1 Å². The Labute approximate surface area is 110 Å². The van der Waals surface area contributed by atoms with E-state index in [4.69, 9.17) is 5.73 Å². The maximum absolute atomic E-state index is 11.5. The Morgan fingerprint density at radius 3 is 2.94 bits per heavy atom. The maximum Gasteiger partial charge on any atom is 0.236 e. The first-order valence-electron chi connectivity index (χ1n) is 4.96. The molecule has 1 aliphatic rings. The zero-order valence-electron chi connectivity index (χ0n) is 8.78. The van der Waals surface area contributed by atoms with Crippen LogP contribution in [0.2, 0.25) is 0 Å².